The maximum absolute atomic E-state index is 11.4. The lowest BCUT2D eigenvalue weighted by Crippen LogP contribution is -2.43. The number of hydrogen-bond donors (Lipinski definition) is 2. The van der Waals surface area contributed by atoms with Gasteiger partial charge in [-0.25, -0.2) is 0 Å². The SMILES string of the molecule is C[C@@H](N)C(=O)NCC1CCN(c2ccncc2)CC1. The molecular weight excluding hydrogens is 240 g/mol. The predicted octanol–water partition coefficient (Wildman–Crippen LogP) is 0.761. The molecule has 104 valence electrons. The zero-order chi connectivity index (χ0) is 13.7. The standard InChI is InChI=1S/C14H22N4O/c1-11(15)14(19)17-10-12-4-8-18(9-5-12)13-2-6-16-7-3-13/h2-3,6-7,11-12H,4-5,8-10,15H2,1H3,(H,17,19)/t11-/m1/s1. The number of piperidine rings is 1. The summed E-state index contributed by atoms with van der Waals surface area (Å²) in [6.07, 6.45) is 5.84. The van der Waals surface area contributed by atoms with Crippen LogP contribution in [-0.2, 0) is 4.79 Å². The van der Waals surface area contributed by atoms with E-state index in [9.17, 15) is 4.79 Å². The normalized spacial score (nSPS) is 18.1. The Morgan fingerprint density at radius 2 is 2.11 bits per heavy atom. The Labute approximate surface area is 114 Å². The molecule has 0 spiro atoms. The highest BCUT2D eigenvalue weighted by atomic mass is 16.2. The molecule has 1 aromatic heterocycles. The molecule has 2 heterocycles. The van der Waals surface area contributed by atoms with Crippen LogP contribution in [0.2, 0.25) is 0 Å². The first kappa shape index (κ1) is 13.8. The molecule has 2 rings (SSSR count). The molecule has 0 bridgehead atoms. The van der Waals surface area contributed by atoms with Crippen LogP contribution in [0.15, 0.2) is 24.5 Å². The molecule has 1 amide bonds. The van der Waals surface area contributed by atoms with Crippen molar-refractivity contribution >= 4 is 11.6 Å². The van der Waals surface area contributed by atoms with Gasteiger partial charge >= 0.3 is 0 Å². The van der Waals surface area contributed by atoms with E-state index in [2.05, 4.69) is 15.2 Å². The van der Waals surface area contributed by atoms with E-state index in [0.29, 0.717) is 5.92 Å². The molecular formula is C14H22N4O. The van der Waals surface area contributed by atoms with Crippen molar-refractivity contribution in [2.24, 2.45) is 11.7 Å². The highest BCUT2D eigenvalue weighted by Crippen LogP contribution is 2.22. The van der Waals surface area contributed by atoms with Gasteiger partial charge in [-0.2, -0.15) is 0 Å². The molecule has 1 aromatic rings. The molecule has 1 aliphatic rings. The lowest BCUT2D eigenvalue weighted by molar-refractivity contribution is -0.122. The Balaban J connectivity index is 1.75. The fourth-order valence-corrected chi connectivity index (χ4v) is 2.36. The summed E-state index contributed by atoms with van der Waals surface area (Å²) in [6, 6.07) is 3.66. The van der Waals surface area contributed by atoms with E-state index < -0.39 is 6.04 Å². The number of nitrogens with one attached hydrogen (secondary N) is 1. The van der Waals surface area contributed by atoms with Crippen molar-refractivity contribution in [2.45, 2.75) is 25.8 Å². The second kappa shape index (κ2) is 6.52. The van der Waals surface area contributed by atoms with Crippen LogP contribution in [0.1, 0.15) is 19.8 Å². The van der Waals surface area contributed by atoms with Crippen molar-refractivity contribution in [3.05, 3.63) is 24.5 Å². The number of anilines is 1. The summed E-state index contributed by atoms with van der Waals surface area (Å²) in [7, 11) is 0. The Bertz CT molecular complexity index is 399. The quantitative estimate of drug-likeness (QED) is 0.840. The Morgan fingerprint density at radius 1 is 1.47 bits per heavy atom. The number of amides is 1. The first-order valence-corrected chi connectivity index (χ1v) is 6.85. The topological polar surface area (TPSA) is 71.2 Å². The molecule has 1 aliphatic heterocycles. The zero-order valence-corrected chi connectivity index (χ0v) is 11.4. The predicted molar refractivity (Wildman–Crippen MR) is 75.8 cm³/mol. The number of nitrogens with zero attached hydrogens (tertiary/aromatic N) is 2. The minimum absolute atomic E-state index is 0.0587. The van der Waals surface area contributed by atoms with Gasteiger partial charge in [0, 0.05) is 37.7 Å². The number of aromatic nitrogens is 1. The van der Waals surface area contributed by atoms with Crippen LogP contribution in [0.3, 0.4) is 0 Å². The van der Waals surface area contributed by atoms with E-state index >= 15 is 0 Å². The maximum Gasteiger partial charge on any atom is 0.236 e. The third-order valence-electron chi connectivity index (χ3n) is 3.62. The number of pyridine rings is 1. The molecule has 0 aromatic carbocycles. The molecule has 1 saturated heterocycles. The van der Waals surface area contributed by atoms with Crippen LogP contribution < -0.4 is 16.0 Å². The minimum atomic E-state index is -0.420. The van der Waals surface area contributed by atoms with Crippen LogP contribution in [0.25, 0.3) is 0 Å². The molecule has 0 unspecified atom stereocenters. The lowest BCUT2D eigenvalue weighted by Gasteiger charge is -2.33. The molecule has 1 fully saturated rings. The van der Waals surface area contributed by atoms with Crippen LogP contribution >= 0.6 is 0 Å². The van der Waals surface area contributed by atoms with Gasteiger partial charge < -0.3 is 16.0 Å². The fourth-order valence-electron chi connectivity index (χ4n) is 2.36. The van der Waals surface area contributed by atoms with E-state index in [1.165, 1.54) is 5.69 Å². The van der Waals surface area contributed by atoms with Crippen LogP contribution in [0, 0.1) is 5.92 Å². The van der Waals surface area contributed by atoms with Crippen molar-refractivity contribution in [3.8, 4) is 0 Å². The third-order valence-corrected chi connectivity index (χ3v) is 3.62. The first-order valence-electron chi connectivity index (χ1n) is 6.85. The number of carbonyl (C=O) groups excluding carboxylic acids is 1. The monoisotopic (exact) mass is 262 g/mol. The molecule has 5 nitrogen and oxygen atoms in total. The summed E-state index contributed by atoms with van der Waals surface area (Å²) in [5.41, 5.74) is 6.75. The average Bonchev–Trinajstić information content (AvgIpc) is 2.46. The number of rotatable bonds is 4. The van der Waals surface area contributed by atoms with Gasteiger partial charge in [0.25, 0.3) is 0 Å². The second-order valence-electron chi connectivity index (χ2n) is 5.17. The van der Waals surface area contributed by atoms with E-state index in [-0.39, 0.29) is 5.91 Å². The Hall–Kier alpha value is -1.62. The summed E-state index contributed by atoms with van der Waals surface area (Å²) in [5.74, 6) is 0.498. The van der Waals surface area contributed by atoms with Gasteiger partial charge in [-0.1, -0.05) is 0 Å². The van der Waals surface area contributed by atoms with E-state index in [4.69, 9.17) is 5.73 Å². The smallest absolute Gasteiger partial charge is 0.236 e. The minimum Gasteiger partial charge on any atom is -0.371 e. The van der Waals surface area contributed by atoms with Crippen LogP contribution in [0.4, 0.5) is 5.69 Å². The number of nitrogens with two attached hydrogens (primary N) is 1. The van der Waals surface area contributed by atoms with Crippen molar-refractivity contribution < 1.29 is 4.79 Å². The maximum atomic E-state index is 11.4. The Kier molecular flexibility index (Phi) is 4.74. The van der Waals surface area contributed by atoms with Gasteiger partial charge in [0.2, 0.25) is 5.91 Å². The average molecular weight is 262 g/mol. The molecule has 3 N–H and O–H groups in total. The van der Waals surface area contributed by atoms with Gasteiger partial charge in [0.1, 0.15) is 0 Å². The van der Waals surface area contributed by atoms with Crippen LogP contribution in [0.5, 0.6) is 0 Å². The van der Waals surface area contributed by atoms with Crippen LogP contribution in [-0.4, -0.2) is 36.6 Å². The Morgan fingerprint density at radius 3 is 2.68 bits per heavy atom. The van der Waals surface area contributed by atoms with Gasteiger partial charge in [-0.15, -0.1) is 0 Å². The van der Waals surface area contributed by atoms with Gasteiger partial charge in [0.05, 0.1) is 6.04 Å². The van der Waals surface area contributed by atoms with Gasteiger partial charge in [-0.05, 0) is 37.8 Å². The summed E-state index contributed by atoms with van der Waals surface area (Å²) in [6.45, 7) is 4.51. The summed E-state index contributed by atoms with van der Waals surface area (Å²) in [5, 5.41) is 2.91. The molecule has 0 radical (unpaired) electrons. The second-order valence-corrected chi connectivity index (χ2v) is 5.17. The van der Waals surface area contributed by atoms with Crippen molar-refractivity contribution in [3.63, 3.8) is 0 Å². The molecule has 0 aliphatic carbocycles. The van der Waals surface area contributed by atoms with Gasteiger partial charge in [0.15, 0.2) is 0 Å². The fraction of sp³-hybridized carbons (Fsp3) is 0.571. The summed E-state index contributed by atoms with van der Waals surface area (Å²) >= 11 is 0. The largest absolute Gasteiger partial charge is 0.371 e. The summed E-state index contributed by atoms with van der Waals surface area (Å²) in [4.78, 5) is 17.8. The van der Waals surface area contributed by atoms with E-state index in [1.807, 2.05) is 24.5 Å². The van der Waals surface area contributed by atoms with Gasteiger partial charge in [-0.3, -0.25) is 9.78 Å². The molecule has 19 heavy (non-hydrogen) atoms. The molecule has 1 atom stereocenters. The third kappa shape index (κ3) is 3.92. The van der Waals surface area contributed by atoms with Crippen molar-refractivity contribution in [1.82, 2.24) is 10.3 Å². The number of carbonyl (C=O) groups is 1. The zero-order valence-electron chi connectivity index (χ0n) is 11.4. The highest BCUT2D eigenvalue weighted by molar-refractivity contribution is 5.80. The van der Waals surface area contributed by atoms with Crippen molar-refractivity contribution in [1.29, 1.82) is 0 Å². The lowest BCUT2D eigenvalue weighted by atomic mass is 9.96. The van der Waals surface area contributed by atoms with E-state index in [1.54, 1.807) is 6.92 Å². The highest BCUT2D eigenvalue weighted by Gasteiger charge is 2.20. The summed E-state index contributed by atoms with van der Waals surface area (Å²) < 4.78 is 0. The molecule has 0 saturated carbocycles. The first-order chi connectivity index (χ1) is 9.16. The van der Waals surface area contributed by atoms with E-state index in [0.717, 1.165) is 32.5 Å². The molecule has 5 heteroatoms. The van der Waals surface area contributed by atoms with Crippen molar-refractivity contribution in [2.75, 3.05) is 24.5 Å². The number of hydrogen-bond acceptors (Lipinski definition) is 4.